The Kier molecular flexibility index (Phi) is 15.2. The number of benzene rings is 3. The van der Waals surface area contributed by atoms with Gasteiger partial charge in [-0.05, 0) is 46.2 Å². The van der Waals surface area contributed by atoms with Crippen LogP contribution in [0.15, 0.2) is 42.5 Å². The Balaban J connectivity index is 0.000000353. The van der Waals surface area contributed by atoms with Crippen molar-refractivity contribution in [3.63, 3.8) is 0 Å². The summed E-state index contributed by atoms with van der Waals surface area (Å²) in [4.78, 5) is 48.0. The lowest BCUT2D eigenvalue weighted by molar-refractivity contribution is -0.386. The predicted molar refractivity (Wildman–Crippen MR) is 176 cm³/mol. The summed E-state index contributed by atoms with van der Waals surface area (Å²) in [6.45, 7) is 8.51. The van der Waals surface area contributed by atoms with Gasteiger partial charge >= 0.3 is 11.9 Å². The fourth-order valence-corrected chi connectivity index (χ4v) is 4.83. The molecule has 0 bridgehead atoms. The zero-order chi connectivity index (χ0) is 36.0. The number of esters is 2. The molecule has 0 amide bonds. The first-order valence-corrected chi connectivity index (χ1v) is 14.8. The highest BCUT2D eigenvalue weighted by Gasteiger charge is 2.31. The van der Waals surface area contributed by atoms with Crippen molar-refractivity contribution in [1.29, 1.82) is 0 Å². The number of carbonyl (C=O) groups excluding carboxylic acids is 2. The molecule has 0 aliphatic heterocycles. The van der Waals surface area contributed by atoms with Crippen molar-refractivity contribution in [3.05, 3.63) is 96.1 Å². The molecule has 3 aromatic rings. The number of rotatable bonds is 15. The van der Waals surface area contributed by atoms with E-state index in [2.05, 4.69) is 0 Å². The highest BCUT2D eigenvalue weighted by Crippen LogP contribution is 2.40. The molecule has 0 aliphatic carbocycles. The third-order valence-corrected chi connectivity index (χ3v) is 6.85. The Morgan fingerprint density at radius 1 is 0.750 bits per heavy atom. The molecule has 15 heteroatoms. The number of aryl methyl sites for hydroxylation is 1. The van der Waals surface area contributed by atoms with Gasteiger partial charge in [0.05, 0.1) is 23.1 Å². The minimum Gasteiger partial charge on any atom is -0.467 e. The SMILES string of the molecule is CCOC(=O)c1c(OCOC)cc(C)c([N+](=O)[O-])c1C.CCOC(=O)c1c(OCOC)cc(N(C)Cc2ccccc2)c([N+](=O)[O-])c1C. The first-order chi connectivity index (χ1) is 22.8. The smallest absolute Gasteiger partial charge is 0.342 e. The third kappa shape index (κ3) is 9.86. The van der Waals surface area contributed by atoms with Crippen molar-refractivity contribution >= 4 is 29.0 Å². The van der Waals surface area contributed by atoms with Crippen molar-refractivity contribution in [2.24, 2.45) is 0 Å². The molecule has 0 atom stereocenters. The lowest BCUT2D eigenvalue weighted by Crippen LogP contribution is -2.20. The number of nitro benzene ring substituents is 2. The Labute approximate surface area is 278 Å². The third-order valence-electron chi connectivity index (χ3n) is 6.85. The van der Waals surface area contributed by atoms with Crippen LogP contribution in [-0.2, 0) is 25.5 Å². The van der Waals surface area contributed by atoms with Crippen LogP contribution in [-0.4, -0.2) is 69.9 Å². The topological polar surface area (TPSA) is 179 Å². The molecule has 0 aliphatic rings. The summed E-state index contributed by atoms with van der Waals surface area (Å²) in [7, 11) is 4.64. The van der Waals surface area contributed by atoms with Crippen LogP contribution < -0.4 is 14.4 Å². The van der Waals surface area contributed by atoms with Gasteiger partial charge in [0.25, 0.3) is 11.4 Å². The van der Waals surface area contributed by atoms with Crippen LogP contribution in [0.25, 0.3) is 0 Å². The molecule has 0 unspecified atom stereocenters. The Morgan fingerprint density at radius 3 is 1.65 bits per heavy atom. The van der Waals surface area contributed by atoms with Crippen molar-refractivity contribution in [2.45, 2.75) is 41.2 Å². The molecule has 3 rings (SSSR count). The fraction of sp³-hybridized carbons (Fsp3) is 0.394. The fourth-order valence-electron chi connectivity index (χ4n) is 4.83. The van der Waals surface area contributed by atoms with E-state index in [1.165, 1.54) is 40.2 Å². The van der Waals surface area contributed by atoms with Gasteiger partial charge in [-0.25, -0.2) is 9.59 Å². The van der Waals surface area contributed by atoms with Crippen LogP contribution in [0.4, 0.5) is 17.1 Å². The monoisotopic (exact) mass is 671 g/mol. The highest BCUT2D eigenvalue weighted by atomic mass is 16.7. The van der Waals surface area contributed by atoms with Crippen LogP contribution in [0.5, 0.6) is 11.5 Å². The molecule has 0 saturated heterocycles. The van der Waals surface area contributed by atoms with E-state index in [9.17, 15) is 29.8 Å². The molecule has 0 aromatic heterocycles. The standard InChI is InChI=1S/C20H24N2O6.C13H17NO6/c1-5-27-20(23)18-14(2)19(22(24)25)16(11-17(18)28-13-26-4)21(3)12-15-9-7-6-8-10-15;1-5-19-13(15)11-9(3)12(14(16)17)8(2)6-10(11)20-7-18-4/h6-11H,5,12-13H2,1-4H3;6H,5,7H2,1-4H3. The van der Waals surface area contributed by atoms with Gasteiger partial charge in [0.15, 0.2) is 13.6 Å². The second-order valence-electron chi connectivity index (χ2n) is 10.2. The van der Waals surface area contributed by atoms with Crippen LogP contribution >= 0.6 is 0 Å². The number of nitro groups is 2. The van der Waals surface area contributed by atoms with E-state index in [1.807, 2.05) is 30.3 Å². The zero-order valence-corrected chi connectivity index (χ0v) is 28.3. The summed E-state index contributed by atoms with van der Waals surface area (Å²) in [6.07, 6.45) is 0. The molecule has 0 fully saturated rings. The van der Waals surface area contributed by atoms with Gasteiger partial charge < -0.3 is 33.3 Å². The van der Waals surface area contributed by atoms with E-state index in [0.717, 1.165) is 5.56 Å². The average Bonchev–Trinajstić information content (AvgIpc) is 3.02. The summed E-state index contributed by atoms with van der Waals surface area (Å²) >= 11 is 0. The van der Waals surface area contributed by atoms with Crippen molar-refractivity contribution in [3.8, 4) is 11.5 Å². The van der Waals surface area contributed by atoms with Gasteiger partial charge in [0.2, 0.25) is 0 Å². The summed E-state index contributed by atoms with van der Waals surface area (Å²) in [5.74, 6) is -0.935. The summed E-state index contributed by atoms with van der Waals surface area (Å²) in [6, 6.07) is 12.5. The molecule has 15 nitrogen and oxygen atoms in total. The van der Waals surface area contributed by atoms with Gasteiger partial charge in [-0.2, -0.15) is 0 Å². The number of ether oxygens (including phenoxy) is 6. The van der Waals surface area contributed by atoms with E-state index in [4.69, 9.17) is 28.4 Å². The summed E-state index contributed by atoms with van der Waals surface area (Å²) in [5, 5.41) is 22.9. The van der Waals surface area contributed by atoms with E-state index >= 15 is 0 Å². The lowest BCUT2D eigenvalue weighted by Gasteiger charge is -2.22. The molecule has 0 N–H and O–H groups in total. The zero-order valence-electron chi connectivity index (χ0n) is 28.3. The van der Waals surface area contributed by atoms with Crippen LogP contribution in [0.3, 0.4) is 0 Å². The predicted octanol–water partition coefficient (Wildman–Crippen LogP) is 6.07. The number of hydrogen-bond donors (Lipinski definition) is 0. The lowest BCUT2D eigenvalue weighted by atomic mass is 10.0. The van der Waals surface area contributed by atoms with Crippen LogP contribution in [0, 0.1) is 41.0 Å². The Hall–Kier alpha value is -5.28. The van der Waals surface area contributed by atoms with Crippen molar-refractivity contribution in [2.75, 3.05) is 53.0 Å². The number of anilines is 1. The first kappa shape index (κ1) is 38.9. The number of carbonyl (C=O) groups is 2. The van der Waals surface area contributed by atoms with E-state index < -0.39 is 21.8 Å². The first-order valence-electron chi connectivity index (χ1n) is 14.8. The quantitative estimate of drug-likeness (QED) is 0.0787. The minimum absolute atomic E-state index is 0.0301. The second-order valence-corrected chi connectivity index (χ2v) is 10.2. The van der Waals surface area contributed by atoms with Gasteiger partial charge in [0, 0.05) is 50.6 Å². The summed E-state index contributed by atoms with van der Waals surface area (Å²) in [5.41, 5.74) is 1.96. The molecule has 0 heterocycles. The van der Waals surface area contributed by atoms with Gasteiger partial charge in [-0.15, -0.1) is 0 Å². The van der Waals surface area contributed by atoms with Gasteiger partial charge in [-0.1, -0.05) is 30.3 Å². The Bertz CT molecular complexity index is 1590. The number of methoxy groups -OCH3 is 2. The van der Waals surface area contributed by atoms with Crippen LogP contribution in [0.2, 0.25) is 0 Å². The largest absolute Gasteiger partial charge is 0.467 e. The minimum atomic E-state index is -0.675. The van der Waals surface area contributed by atoms with Gasteiger partial charge in [0.1, 0.15) is 28.3 Å². The normalized spacial score (nSPS) is 10.3. The second kappa shape index (κ2) is 18.8. The van der Waals surface area contributed by atoms with Gasteiger partial charge in [-0.3, -0.25) is 20.2 Å². The van der Waals surface area contributed by atoms with E-state index in [-0.39, 0.29) is 71.9 Å². The maximum absolute atomic E-state index is 12.4. The molecule has 48 heavy (non-hydrogen) atoms. The maximum Gasteiger partial charge on any atom is 0.342 e. The van der Waals surface area contributed by atoms with Crippen molar-refractivity contribution in [1.82, 2.24) is 0 Å². The molecule has 0 radical (unpaired) electrons. The van der Waals surface area contributed by atoms with E-state index in [1.54, 1.807) is 32.7 Å². The molecule has 260 valence electrons. The highest BCUT2D eigenvalue weighted by molar-refractivity contribution is 5.97. The number of nitrogens with zero attached hydrogens (tertiary/aromatic N) is 3. The molecular formula is C33H41N3O12. The molecule has 3 aromatic carbocycles. The summed E-state index contributed by atoms with van der Waals surface area (Å²) < 4.78 is 30.6. The molecule has 0 saturated carbocycles. The maximum atomic E-state index is 12.4. The van der Waals surface area contributed by atoms with Crippen LogP contribution in [0.1, 0.15) is 56.8 Å². The molecule has 0 spiro atoms. The average molecular weight is 672 g/mol. The molecular weight excluding hydrogens is 630 g/mol. The number of hydrogen-bond acceptors (Lipinski definition) is 13. The van der Waals surface area contributed by atoms with Crippen molar-refractivity contribution < 1.29 is 47.9 Å². The Morgan fingerprint density at radius 2 is 1.21 bits per heavy atom. The van der Waals surface area contributed by atoms with E-state index in [0.29, 0.717) is 17.8 Å².